The van der Waals surface area contributed by atoms with E-state index in [-0.39, 0.29) is 6.61 Å². The van der Waals surface area contributed by atoms with Gasteiger partial charge >= 0.3 is 5.97 Å². The summed E-state index contributed by atoms with van der Waals surface area (Å²) in [7, 11) is -2.02. The maximum atomic E-state index is 12.8. The van der Waals surface area contributed by atoms with E-state index in [9.17, 15) is 18.0 Å². The van der Waals surface area contributed by atoms with Crippen LogP contribution >= 0.6 is 0 Å². The van der Waals surface area contributed by atoms with Gasteiger partial charge in [0.25, 0.3) is 5.91 Å². The number of esters is 1. The molecule has 0 saturated carbocycles. The zero-order valence-electron chi connectivity index (χ0n) is 16.6. The van der Waals surface area contributed by atoms with Crippen LogP contribution in [0.3, 0.4) is 0 Å². The molecule has 0 aliphatic rings. The second kappa shape index (κ2) is 8.43. The van der Waals surface area contributed by atoms with Crippen LogP contribution in [-0.2, 0) is 14.8 Å². The van der Waals surface area contributed by atoms with Crippen LogP contribution in [0, 0.1) is 13.8 Å². The van der Waals surface area contributed by atoms with E-state index in [1.54, 1.807) is 57.2 Å². The lowest BCUT2D eigenvalue weighted by Crippen LogP contribution is -2.26. The highest BCUT2D eigenvalue weighted by Gasteiger charge is 2.20. The second-order valence-electron chi connectivity index (χ2n) is 6.33. The summed E-state index contributed by atoms with van der Waals surface area (Å²) in [4.78, 5) is 24.9. The van der Waals surface area contributed by atoms with Crippen molar-refractivity contribution in [3.63, 3.8) is 0 Å². The third-order valence-electron chi connectivity index (χ3n) is 4.46. The molecule has 2 aromatic rings. The summed E-state index contributed by atoms with van der Waals surface area (Å²) in [5.41, 5.74) is 2.75. The standard InChI is InChI=1S/C20H24N2O5S/c1-6-27-20(24)16-10-7-11-17(13(16)2)21-19(23)15-9-8-12-18(14(15)3)22(4)28(5,25)26/h7-12H,6H2,1-5H3,(H,21,23). The molecule has 0 aliphatic heterocycles. The molecule has 1 N–H and O–H groups in total. The van der Waals surface area contributed by atoms with Crippen LogP contribution in [0.5, 0.6) is 0 Å². The van der Waals surface area contributed by atoms with Crippen molar-refractivity contribution in [2.45, 2.75) is 20.8 Å². The number of carbonyl (C=O) groups is 2. The van der Waals surface area contributed by atoms with Gasteiger partial charge in [0.1, 0.15) is 0 Å². The minimum Gasteiger partial charge on any atom is -0.462 e. The van der Waals surface area contributed by atoms with E-state index in [0.29, 0.717) is 33.6 Å². The number of hydrogen-bond donors (Lipinski definition) is 1. The summed E-state index contributed by atoms with van der Waals surface area (Å²) in [5, 5.41) is 2.79. The van der Waals surface area contributed by atoms with Crippen molar-refractivity contribution in [3.05, 3.63) is 58.7 Å². The number of carbonyl (C=O) groups excluding carboxylic acids is 2. The van der Waals surface area contributed by atoms with Crippen LogP contribution in [0.1, 0.15) is 38.8 Å². The lowest BCUT2D eigenvalue weighted by atomic mass is 10.0. The van der Waals surface area contributed by atoms with E-state index >= 15 is 0 Å². The zero-order chi connectivity index (χ0) is 21.1. The summed E-state index contributed by atoms with van der Waals surface area (Å²) in [6.45, 7) is 5.40. The molecular weight excluding hydrogens is 380 g/mol. The Morgan fingerprint density at radius 3 is 2.25 bits per heavy atom. The largest absolute Gasteiger partial charge is 0.462 e. The van der Waals surface area contributed by atoms with Gasteiger partial charge in [0.05, 0.1) is 24.1 Å². The summed E-state index contributed by atoms with van der Waals surface area (Å²) in [5.74, 6) is -0.852. The van der Waals surface area contributed by atoms with Crippen molar-refractivity contribution in [2.75, 3.05) is 29.5 Å². The molecule has 0 fully saturated rings. The first-order valence-corrected chi connectivity index (χ1v) is 10.5. The second-order valence-corrected chi connectivity index (χ2v) is 8.35. The van der Waals surface area contributed by atoms with Crippen molar-refractivity contribution in [3.8, 4) is 0 Å². The van der Waals surface area contributed by atoms with Gasteiger partial charge in [0.15, 0.2) is 0 Å². The molecule has 0 unspecified atom stereocenters. The monoisotopic (exact) mass is 404 g/mol. The molecule has 0 heterocycles. The molecule has 150 valence electrons. The van der Waals surface area contributed by atoms with Crippen molar-refractivity contribution < 1.29 is 22.7 Å². The fourth-order valence-corrected chi connectivity index (χ4v) is 3.34. The Labute approximate surface area is 165 Å². The summed E-state index contributed by atoms with van der Waals surface area (Å²) in [6, 6.07) is 9.87. The van der Waals surface area contributed by atoms with Crippen molar-refractivity contribution in [1.82, 2.24) is 0 Å². The van der Waals surface area contributed by atoms with Gasteiger partial charge in [0.2, 0.25) is 10.0 Å². The molecule has 28 heavy (non-hydrogen) atoms. The fraction of sp³-hybridized carbons (Fsp3) is 0.300. The van der Waals surface area contributed by atoms with E-state index in [4.69, 9.17) is 4.74 Å². The van der Waals surface area contributed by atoms with E-state index in [0.717, 1.165) is 10.6 Å². The molecule has 0 spiro atoms. The smallest absolute Gasteiger partial charge is 0.338 e. The van der Waals surface area contributed by atoms with Gasteiger partial charge in [-0.3, -0.25) is 9.10 Å². The molecule has 7 nitrogen and oxygen atoms in total. The molecule has 0 saturated heterocycles. The van der Waals surface area contributed by atoms with Crippen LogP contribution in [0.15, 0.2) is 36.4 Å². The number of rotatable bonds is 6. The predicted octanol–water partition coefficient (Wildman–Crippen LogP) is 3.13. The molecule has 1 amide bonds. The van der Waals surface area contributed by atoms with E-state index in [2.05, 4.69) is 5.32 Å². The molecule has 8 heteroatoms. The van der Waals surface area contributed by atoms with Crippen LogP contribution in [0.2, 0.25) is 0 Å². The minimum atomic E-state index is -3.46. The Kier molecular flexibility index (Phi) is 6.45. The van der Waals surface area contributed by atoms with Crippen molar-refractivity contribution in [1.29, 1.82) is 0 Å². The van der Waals surface area contributed by atoms with Gasteiger partial charge in [-0.25, -0.2) is 13.2 Å². The molecule has 2 rings (SSSR count). The molecule has 0 bridgehead atoms. The molecule has 0 aromatic heterocycles. The maximum absolute atomic E-state index is 12.8. The Balaban J connectivity index is 2.37. The first-order chi connectivity index (χ1) is 13.1. The average molecular weight is 404 g/mol. The number of amides is 1. The molecule has 0 radical (unpaired) electrons. The Bertz CT molecular complexity index is 1020. The molecule has 0 aliphatic carbocycles. The number of anilines is 2. The quantitative estimate of drug-likeness (QED) is 0.747. The lowest BCUT2D eigenvalue weighted by Gasteiger charge is -2.20. The highest BCUT2D eigenvalue weighted by Crippen LogP contribution is 2.26. The Morgan fingerprint density at radius 2 is 1.64 bits per heavy atom. The van der Waals surface area contributed by atoms with Gasteiger partial charge in [-0.15, -0.1) is 0 Å². The predicted molar refractivity (Wildman–Crippen MR) is 110 cm³/mol. The van der Waals surface area contributed by atoms with Crippen LogP contribution < -0.4 is 9.62 Å². The third kappa shape index (κ3) is 4.51. The first kappa shape index (κ1) is 21.4. The van der Waals surface area contributed by atoms with E-state index in [1.165, 1.54) is 7.05 Å². The van der Waals surface area contributed by atoms with Gasteiger partial charge < -0.3 is 10.1 Å². The minimum absolute atomic E-state index is 0.259. The lowest BCUT2D eigenvalue weighted by molar-refractivity contribution is 0.0525. The number of nitrogens with zero attached hydrogens (tertiary/aromatic N) is 1. The van der Waals surface area contributed by atoms with Crippen LogP contribution in [-0.4, -0.2) is 40.2 Å². The number of nitrogens with one attached hydrogen (secondary N) is 1. The normalized spacial score (nSPS) is 11.0. The number of ether oxygens (including phenoxy) is 1. The summed E-state index contributed by atoms with van der Waals surface area (Å²) in [6.07, 6.45) is 1.10. The highest BCUT2D eigenvalue weighted by atomic mass is 32.2. The zero-order valence-corrected chi connectivity index (χ0v) is 17.4. The van der Waals surface area contributed by atoms with Gasteiger partial charge in [0, 0.05) is 18.3 Å². The van der Waals surface area contributed by atoms with Gasteiger partial charge in [-0.05, 0) is 56.2 Å². The maximum Gasteiger partial charge on any atom is 0.338 e. The molecular formula is C20H24N2O5S. The Hall–Kier alpha value is -2.87. The fourth-order valence-electron chi connectivity index (χ4n) is 2.78. The summed E-state index contributed by atoms with van der Waals surface area (Å²) < 4.78 is 29.8. The van der Waals surface area contributed by atoms with Gasteiger partial charge in [-0.1, -0.05) is 12.1 Å². The number of hydrogen-bond acceptors (Lipinski definition) is 5. The number of sulfonamides is 1. The molecule has 2 aromatic carbocycles. The van der Waals surface area contributed by atoms with Gasteiger partial charge in [-0.2, -0.15) is 0 Å². The van der Waals surface area contributed by atoms with E-state index < -0.39 is 21.9 Å². The van der Waals surface area contributed by atoms with Crippen molar-refractivity contribution in [2.24, 2.45) is 0 Å². The van der Waals surface area contributed by atoms with Crippen LogP contribution in [0.25, 0.3) is 0 Å². The highest BCUT2D eigenvalue weighted by molar-refractivity contribution is 7.92. The summed E-state index contributed by atoms with van der Waals surface area (Å²) >= 11 is 0. The topological polar surface area (TPSA) is 92.8 Å². The Morgan fingerprint density at radius 1 is 1.04 bits per heavy atom. The molecule has 0 atom stereocenters. The average Bonchev–Trinajstić information content (AvgIpc) is 2.62. The SMILES string of the molecule is CCOC(=O)c1cccc(NC(=O)c2cccc(N(C)S(C)(=O)=O)c2C)c1C. The first-order valence-electron chi connectivity index (χ1n) is 8.69. The van der Waals surface area contributed by atoms with Crippen molar-refractivity contribution >= 4 is 33.3 Å². The van der Waals surface area contributed by atoms with E-state index in [1.807, 2.05) is 0 Å². The third-order valence-corrected chi connectivity index (χ3v) is 5.66. The number of benzene rings is 2. The van der Waals surface area contributed by atoms with Crippen LogP contribution in [0.4, 0.5) is 11.4 Å².